The number of aromatic amines is 1. The largest absolute Gasteiger partial charge is 0.371 e. The molecule has 3 nitrogen and oxygen atoms in total. The minimum Gasteiger partial charge on any atom is -0.371 e. The third kappa shape index (κ3) is 1.06. The van der Waals surface area contributed by atoms with Crippen LogP contribution >= 0.6 is 0 Å². The molecule has 0 aliphatic heterocycles. The average Bonchev–Trinajstić information content (AvgIpc) is 2.81. The van der Waals surface area contributed by atoms with Crippen molar-refractivity contribution in [3.05, 3.63) is 34.4 Å². The maximum absolute atomic E-state index is 4.29. The SMILES string of the molecule is CNc1n[nH]c2c1Cc1c(C)ccc(C)c1-2. The molecule has 1 aliphatic rings. The van der Waals surface area contributed by atoms with Crippen molar-refractivity contribution >= 4 is 5.82 Å². The van der Waals surface area contributed by atoms with Gasteiger partial charge in [-0.2, -0.15) is 5.10 Å². The quantitative estimate of drug-likeness (QED) is 0.652. The number of rotatable bonds is 1. The predicted octanol–water partition coefficient (Wildman–Crippen LogP) is 2.64. The highest BCUT2D eigenvalue weighted by molar-refractivity contribution is 5.81. The van der Waals surface area contributed by atoms with Gasteiger partial charge in [-0.25, -0.2) is 0 Å². The topological polar surface area (TPSA) is 40.7 Å². The number of nitrogens with one attached hydrogen (secondary N) is 2. The van der Waals surface area contributed by atoms with Crippen molar-refractivity contribution in [1.82, 2.24) is 10.2 Å². The number of hydrogen-bond donors (Lipinski definition) is 2. The molecule has 2 aromatic rings. The van der Waals surface area contributed by atoms with Crippen LogP contribution in [-0.2, 0) is 6.42 Å². The Kier molecular flexibility index (Phi) is 1.84. The van der Waals surface area contributed by atoms with Crippen LogP contribution in [0.3, 0.4) is 0 Å². The monoisotopic (exact) mass is 213 g/mol. The van der Waals surface area contributed by atoms with Crippen molar-refractivity contribution in [3.63, 3.8) is 0 Å². The Hall–Kier alpha value is -1.77. The molecule has 3 rings (SSSR count). The second-order valence-corrected chi connectivity index (χ2v) is 4.41. The van der Waals surface area contributed by atoms with E-state index < -0.39 is 0 Å². The van der Waals surface area contributed by atoms with Crippen LogP contribution < -0.4 is 5.32 Å². The molecule has 1 aromatic heterocycles. The number of nitrogens with zero attached hydrogens (tertiary/aromatic N) is 1. The van der Waals surface area contributed by atoms with Gasteiger partial charge in [-0.05, 0) is 30.5 Å². The summed E-state index contributed by atoms with van der Waals surface area (Å²) < 4.78 is 0. The van der Waals surface area contributed by atoms with Gasteiger partial charge in [0.1, 0.15) is 0 Å². The third-order valence-electron chi connectivity index (χ3n) is 3.46. The van der Waals surface area contributed by atoms with Crippen LogP contribution in [0.25, 0.3) is 11.3 Å². The maximum atomic E-state index is 4.29. The van der Waals surface area contributed by atoms with Crippen molar-refractivity contribution in [2.24, 2.45) is 0 Å². The van der Waals surface area contributed by atoms with E-state index in [2.05, 4.69) is 41.5 Å². The zero-order valence-electron chi connectivity index (χ0n) is 9.81. The molecule has 0 unspecified atom stereocenters. The van der Waals surface area contributed by atoms with E-state index in [9.17, 15) is 0 Å². The van der Waals surface area contributed by atoms with Crippen LogP contribution in [-0.4, -0.2) is 17.2 Å². The molecule has 0 atom stereocenters. The first kappa shape index (κ1) is 9.46. The number of hydrogen-bond acceptors (Lipinski definition) is 2. The Labute approximate surface area is 94.9 Å². The molecule has 1 heterocycles. The summed E-state index contributed by atoms with van der Waals surface area (Å²) in [5, 5.41) is 10.6. The molecule has 1 aromatic carbocycles. The van der Waals surface area contributed by atoms with Crippen LogP contribution in [0.4, 0.5) is 5.82 Å². The summed E-state index contributed by atoms with van der Waals surface area (Å²) in [4.78, 5) is 0. The van der Waals surface area contributed by atoms with Crippen molar-refractivity contribution in [2.45, 2.75) is 20.3 Å². The minimum absolute atomic E-state index is 0.977. The predicted molar refractivity (Wildman–Crippen MR) is 65.9 cm³/mol. The van der Waals surface area contributed by atoms with Crippen LogP contribution in [0, 0.1) is 13.8 Å². The fourth-order valence-electron chi connectivity index (χ4n) is 2.57. The summed E-state index contributed by atoms with van der Waals surface area (Å²) in [5.74, 6) is 0.977. The van der Waals surface area contributed by atoms with E-state index in [0.717, 1.165) is 12.2 Å². The Morgan fingerprint density at radius 2 is 1.94 bits per heavy atom. The first-order valence-corrected chi connectivity index (χ1v) is 5.57. The van der Waals surface area contributed by atoms with E-state index in [1.165, 1.54) is 33.5 Å². The van der Waals surface area contributed by atoms with Crippen molar-refractivity contribution in [1.29, 1.82) is 0 Å². The second kappa shape index (κ2) is 3.11. The lowest BCUT2D eigenvalue weighted by atomic mass is 9.99. The molecule has 0 bridgehead atoms. The average molecular weight is 213 g/mol. The van der Waals surface area contributed by atoms with Gasteiger partial charge in [0.2, 0.25) is 0 Å². The molecular weight excluding hydrogens is 198 g/mol. The van der Waals surface area contributed by atoms with Crippen molar-refractivity contribution < 1.29 is 0 Å². The van der Waals surface area contributed by atoms with Crippen LogP contribution in [0.2, 0.25) is 0 Å². The zero-order valence-corrected chi connectivity index (χ0v) is 9.81. The van der Waals surface area contributed by atoms with E-state index in [4.69, 9.17) is 0 Å². The van der Waals surface area contributed by atoms with Crippen LogP contribution in [0.1, 0.15) is 22.3 Å². The first-order chi connectivity index (χ1) is 7.72. The van der Waals surface area contributed by atoms with Gasteiger partial charge in [-0.3, -0.25) is 5.10 Å². The van der Waals surface area contributed by atoms with Gasteiger partial charge < -0.3 is 5.32 Å². The summed E-state index contributed by atoms with van der Waals surface area (Å²) in [6.45, 7) is 4.34. The van der Waals surface area contributed by atoms with E-state index in [1.807, 2.05) is 7.05 Å². The fraction of sp³-hybridized carbons (Fsp3) is 0.308. The van der Waals surface area contributed by atoms with E-state index in [0.29, 0.717) is 0 Å². The molecule has 16 heavy (non-hydrogen) atoms. The van der Waals surface area contributed by atoms with Crippen molar-refractivity contribution in [3.8, 4) is 11.3 Å². The highest BCUT2D eigenvalue weighted by Gasteiger charge is 2.26. The number of aromatic nitrogens is 2. The lowest BCUT2D eigenvalue weighted by Gasteiger charge is -2.07. The van der Waals surface area contributed by atoms with Gasteiger partial charge in [-0.15, -0.1) is 0 Å². The Morgan fingerprint density at radius 3 is 2.69 bits per heavy atom. The Balaban J connectivity index is 2.29. The summed E-state index contributed by atoms with van der Waals surface area (Å²) in [6, 6.07) is 4.38. The molecule has 0 radical (unpaired) electrons. The standard InChI is InChI=1S/C13H15N3/c1-7-4-5-8(2)11-9(7)6-10-12(11)15-16-13(10)14-3/h4-5H,6H2,1-3H3,(H2,14,15,16). The molecular formula is C13H15N3. The molecule has 3 heteroatoms. The van der Waals surface area contributed by atoms with Gasteiger partial charge in [0, 0.05) is 24.6 Å². The smallest absolute Gasteiger partial charge is 0.151 e. The summed E-state index contributed by atoms with van der Waals surface area (Å²) >= 11 is 0. The van der Waals surface area contributed by atoms with Gasteiger partial charge in [0.25, 0.3) is 0 Å². The minimum atomic E-state index is 0.977. The molecule has 0 fully saturated rings. The fourth-order valence-corrected chi connectivity index (χ4v) is 2.57. The third-order valence-corrected chi connectivity index (χ3v) is 3.46. The van der Waals surface area contributed by atoms with Gasteiger partial charge in [0.15, 0.2) is 5.82 Å². The zero-order chi connectivity index (χ0) is 11.3. The first-order valence-electron chi connectivity index (χ1n) is 5.57. The maximum Gasteiger partial charge on any atom is 0.151 e. The number of benzene rings is 1. The second-order valence-electron chi connectivity index (χ2n) is 4.41. The summed E-state index contributed by atoms with van der Waals surface area (Å²) in [6.07, 6.45) is 0.991. The number of fused-ring (bicyclic) bond motifs is 3. The Bertz CT molecular complexity index is 567. The lowest BCUT2D eigenvalue weighted by molar-refractivity contribution is 1.08. The highest BCUT2D eigenvalue weighted by Crippen LogP contribution is 2.41. The van der Waals surface area contributed by atoms with Crippen molar-refractivity contribution in [2.75, 3.05) is 12.4 Å². The number of aryl methyl sites for hydroxylation is 2. The van der Waals surface area contributed by atoms with E-state index in [1.54, 1.807) is 0 Å². The molecule has 0 saturated carbocycles. The Morgan fingerprint density at radius 1 is 1.19 bits per heavy atom. The molecule has 0 amide bonds. The molecule has 0 spiro atoms. The van der Waals surface area contributed by atoms with E-state index >= 15 is 0 Å². The summed E-state index contributed by atoms with van der Waals surface area (Å²) in [5.41, 5.74) is 7.98. The lowest BCUT2D eigenvalue weighted by Crippen LogP contribution is -1.94. The normalized spacial score (nSPS) is 12.4. The molecule has 2 N–H and O–H groups in total. The van der Waals surface area contributed by atoms with Gasteiger partial charge in [0.05, 0.1) is 5.69 Å². The number of anilines is 1. The molecule has 0 saturated heterocycles. The highest BCUT2D eigenvalue weighted by atomic mass is 15.2. The van der Waals surface area contributed by atoms with Gasteiger partial charge >= 0.3 is 0 Å². The molecule has 82 valence electrons. The van der Waals surface area contributed by atoms with Gasteiger partial charge in [-0.1, -0.05) is 12.1 Å². The van der Waals surface area contributed by atoms with E-state index in [-0.39, 0.29) is 0 Å². The van der Waals surface area contributed by atoms with Crippen LogP contribution in [0.15, 0.2) is 12.1 Å². The number of H-pyrrole nitrogens is 1. The molecule has 1 aliphatic carbocycles. The van der Waals surface area contributed by atoms with Crippen LogP contribution in [0.5, 0.6) is 0 Å². The summed E-state index contributed by atoms with van der Waals surface area (Å²) in [7, 11) is 1.92.